The Bertz CT molecular complexity index is 672. The lowest BCUT2D eigenvalue weighted by atomic mass is 9.92. The number of carbonyl (C=O) groups excluding carboxylic acids is 1. The highest BCUT2D eigenvalue weighted by Gasteiger charge is 2.34. The molecule has 0 radical (unpaired) electrons. The number of carbonyl (C=O) groups is 1. The van der Waals surface area contributed by atoms with E-state index in [4.69, 9.17) is 0 Å². The number of anilines is 1. The third kappa shape index (κ3) is 3.68. The summed E-state index contributed by atoms with van der Waals surface area (Å²) in [5.41, 5.74) is -0.603. The van der Waals surface area contributed by atoms with Gasteiger partial charge in [-0.25, -0.2) is 4.98 Å². The van der Waals surface area contributed by atoms with E-state index in [-0.39, 0.29) is 12.5 Å². The van der Waals surface area contributed by atoms with E-state index in [1.54, 1.807) is 30.2 Å². The maximum Gasteiger partial charge on any atom is 0.271 e. The number of pyridine rings is 1. The number of nitrogens with one attached hydrogen (secondary N) is 1. The number of aryl methyl sites for hydroxylation is 1. The molecule has 0 saturated carbocycles. The molecule has 3 rings (SSSR count). The second-order valence-corrected chi connectivity index (χ2v) is 5.99. The van der Waals surface area contributed by atoms with Gasteiger partial charge in [-0.05, 0) is 31.0 Å². The van der Waals surface area contributed by atoms with E-state index < -0.39 is 5.60 Å². The molecule has 23 heavy (non-hydrogen) atoms. The first-order valence-electron chi connectivity index (χ1n) is 7.72. The standard InChI is InChI=1S/C16H21N5O2/c1-20-10-6-13(19-20)15(22)18-11-16(23)7-4-9-21(12-16)14-5-2-3-8-17-14/h2-3,5-6,8,10,23H,4,7,9,11-12H2,1H3,(H,18,22). The molecule has 1 saturated heterocycles. The summed E-state index contributed by atoms with van der Waals surface area (Å²) in [4.78, 5) is 18.5. The minimum atomic E-state index is -0.958. The van der Waals surface area contributed by atoms with Gasteiger partial charge in [0.1, 0.15) is 11.5 Å². The van der Waals surface area contributed by atoms with Gasteiger partial charge in [0.15, 0.2) is 0 Å². The van der Waals surface area contributed by atoms with E-state index in [1.165, 1.54) is 0 Å². The number of aromatic nitrogens is 3. The van der Waals surface area contributed by atoms with E-state index in [1.807, 2.05) is 18.2 Å². The second kappa shape index (κ2) is 6.37. The number of rotatable bonds is 4. The van der Waals surface area contributed by atoms with Crippen molar-refractivity contribution in [2.45, 2.75) is 18.4 Å². The van der Waals surface area contributed by atoms with Gasteiger partial charge in [-0.3, -0.25) is 9.48 Å². The molecule has 0 spiro atoms. The number of piperidine rings is 1. The van der Waals surface area contributed by atoms with Crippen LogP contribution in [0.15, 0.2) is 36.7 Å². The third-order valence-corrected chi connectivity index (χ3v) is 4.05. The topological polar surface area (TPSA) is 83.3 Å². The zero-order chi connectivity index (χ0) is 16.3. The average molecular weight is 315 g/mol. The average Bonchev–Trinajstić information content (AvgIpc) is 3.00. The molecule has 2 N–H and O–H groups in total. The molecule has 1 aliphatic heterocycles. The van der Waals surface area contributed by atoms with Crippen LogP contribution in [0.1, 0.15) is 23.3 Å². The summed E-state index contributed by atoms with van der Waals surface area (Å²) in [5, 5.41) is 17.6. The smallest absolute Gasteiger partial charge is 0.271 e. The molecule has 1 amide bonds. The molecule has 1 atom stereocenters. The van der Waals surface area contributed by atoms with Crippen molar-refractivity contribution in [3.8, 4) is 0 Å². The summed E-state index contributed by atoms with van der Waals surface area (Å²) < 4.78 is 1.58. The lowest BCUT2D eigenvalue weighted by Crippen LogP contribution is -2.54. The largest absolute Gasteiger partial charge is 0.386 e. The van der Waals surface area contributed by atoms with Crippen molar-refractivity contribution in [3.63, 3.8) is 0 Å². The normalized spacial score (nSPS) is 21.2. The zero-order valence-electron chi connectivity index (χ0n) is 13.1. The van der Waals surface area contributed by atoms with E-state index in [2.05, 4.69) is 20.3 Å². The van der Waals surface area contributed by atoms with Crippen molar-refractivity contribution >= 4 is 11.7 Å². The predicted octanol–water partition coefficient (Wildman–Crippen LogP) is 0.576. The lowest BCUT2D eigenvalue weighted by molar-refractivity contribution is 0.0253. The Labute approximate surface area is 134 Å². The fourth-order valence-corrected chi connectivity index (χ4v) is 2.86. The summed E-state index contributed by atoms with van der Waals surface area (Å²) in [6.45, 7) is 1.51. The molecule has 1 unspecified atom stereocenters. The van der Waals surface area contributed by atoms with Gasteiger partial charge in [0, 0.05) is 39.1 Å². The van der Waals surface area contributed by atoms with Crippen molar-refractivity contribution in [3.05, 3.63) is 42.4 Å². The predicted molar refractivity (Wildman–Crippen MR) is 86.2 cm³/mol. The lowest BCUT2D eigenvalue weighted by Gasteiger charge is -2.39. The van der Waals surface area contributed by atoms with Gasteiger partial charge in [0.25, 0.3) is 5.91 Å². The second-order valence-electron chi connectivity index (χ2n) is 5.99. The number of nitrogens with zero attached hydrogens (tertiary/aromatic N) is 4. The van der Waals surface area contributed by atoms with E-state index in [0.29, 0.717) is 18.7 Å². The van der Waals surface area contributed by atoms with Crippen molar-refractivity contribution in [2.24, 2.45) is 7.05 Å². The van der Waals surface area contributed by atoms with Crippen LogP contribution in [0.3, 0.4) is 0 Å². The maximum absolute atomic E-state index is 12.1. The molecule has 7 heteroatoms. The molecule has 1 fully saturated rings. The van der Waals surface area contributed by atoms with Crippen LogP contribution in [0, 0.1) is 0 Å². The highest BCUT2D eigenvalue weighted by molar-refractivity contribution is 5.92. The molecule has 0 bridgehead atoms. The molecule has 1 aliphatic rings. The number of aliphatic hydroxyl groups is 1. The van der Waals surface area contributed by atoms with Crippen LogP contribution < -0.4 is 10.2 Å². The highest BCUT2D eigenvalue weighted by Crippen LogP contribution is 2.24. The van der Waals surface area contributed by atoms with Crippen LogP contribution in [0.25, 0.3) is 0 Å². The Morgan fingerprint density at radius 3 is 3.00 bits per heavy atom. The van der Waals surface area contributed by atoms with E-state index in [0.717, 1.165) is 18.8 Å². The van der Waals surface area contributed by atoms with Crippen molar-refractivity contribution in [2.75, 3.05) is 24.5 Å². The zero-order valence-corrected chi connectivity index (χ0v) is 13.1. The maximum atomic E-state index is 12.1. The van der Waals surface area contributed by atoms with Gasteiger partial charge in [0.05, 0.1) is 5.60 Å². The first-order chi connectivity index (χ1) is 11.1. The van der Waals surface area contributed by atoms with E-state index in [9.17, 15) is 9.90 Å². The molecule has 0 aliphatic carbocycles. The summed E-state index contributed by atoms with van der Waals surface area (Å²) in [5.74, 6) is 0.579. The van der Waals surface area contributed by atoms with Crippen molar-refractivity contribution in [1.29, 1.82) is 0 Å². The van der Waals surface area contributed by atoms with Gasteiger partial charge in [-0.15, -0.1) is 0 Å². The summed E-state index contributed by atoms with van der Waals surface area (Å²) in [7, 11) is 1.76. The van der Waals surface area contributed by atoms with Gasteiger partial charge in [-0.2, -0.15) is 5.10 Å². The molecular weight excluding hydrogens is 294 g/mol. The summed E-state index contributed by atoms with van der Waals surface area (Å²) in [6.07, 6.45) is 4.96. The third-order valence-electron chi connectivity index (χ3n) is 4.05. The summed E-state index contributed by atoms with van der Waals surface area (Å²) >= 11 is 0. The van der Waals surface area contributed by atoms with Crippen LogP contribution in [0.2, 0.25) is 0 Å². The fraction of sp³-hybridized carbons (Fsp3) is 0.438. The van der Waals surface area contributed by atoms with Gasteiger partial charge in [-0.1, -0.05) is 6.07 Å². The van der Waals surface area contributed by atoms with Gasteiger partial charge in [0.2, 0.25) is 0 Å². The van der Waals surface area contributed by atoms with Crippen LogP contribution in [0.4, 0.5) is 5.82 Å². The highest BCUT2D eigenvalue weighted by atomic mass is 16.3. The van der Waals surface area contributed by atoms with Crippen LogP contribution in [-0.4, -0.2) is 51.0 Å². The number of hydrogen-bond donors (Lipinski definition) is 2. The molecule has 7 nitrogen and oxygen atoms in total. The fourth-order valence-electron chi connectivity index (χ4n) is 2.86. The quantitative estimate of drug-likeness (QED) is 0.862. The van der Waals surface area contributed by atoms with Crippen LogP contribution >= 0.6 is 0 Å². The Balaban J connectivity index is 1.61. The van der Waals surface area contributed by atoms with Crippen LogP contribution in [0.5, 0.6) is 0 Å². The SMILES string of the molecule is Cn1ccc(C(=O)NCC2(O)CCCN(c3ccccn3)C2)n1. The van der Waals surface area contributed by atoms with Crippen LogP contribution in [-0.2, 0) is 7.05 Å². The molecular formula is C16H21N5O2. The Hall–Kier alpha value is -2.41. The van der Waals surface area contributed by atoms with Crippen molar-refractivity contribution < 1.29 is 9.90 Å². The minimum Gasteiger partial charge on any atom is -0.386 e. The van der Waals surface area contributed by atoms with E-state index >= 15 is 0 Å². The molecule has 0 aromatic carbocycles. The van der Waals surface area contributed by atoms with Gasteiger partial charge < -0.3 is 15.3 Å². The van der Waals surface area contributed by atoms with Gasteiger partial charge >= 0.3 is 0 Å². The first kappa shape index (κ1) is 15.5. The number of hydrogen-bond acceptors (Lipinski definition) is 5. The molecule has 2 aromatic heterocycles. The number of amides is 1. The summed E-state index contributed by atoms with van der Waals surface area (Å²) in [6, 6.07) is 7.38. The Kier molecular flexibility index (Phi) is 4.29. The number of β-amino-alcohol motifs (C(OH)–C–C–N with tert-alkyl or cyclic N) is 1. The molecule has 2 aromatic rings. The molecule has 3 heterocycles. The Morgan fingerprint density at radius 1 is 1.43 bits per heavy atom. The molecule has 122 valence electrons. The van der Waals surface area contributed by atoms with Crippen molar-refractivity contribution in [1.82, 2.24) is 20.1 Å². The Morgan fingerprint density at radius 2 is 2.30 bits per heavy atom. The monoisotopic (exact) mass is 315 g/mol. The minimum absolute atomic E-state index is 0.200. The first-order valence-corrected chi connectivity index (χ1v) is 7.72.